The minimum Gasteiger partial charge on any atom is -0.497 e. The summed E-state index contributed by atoms with van der Waals surface area (Å²) >= 11 is 0. The first kappa shape index (κ1) is 21.5. The van der Waals surface area contributed by atoms with Gasteiger partial charge in [0.25, 0.3) is 10.0 Å². The van der Waals surface area contributed by atoms with Gasteiger partial charge in [0.2, 0.25) is 5.91 Å². The summed E-state index contributed by atoms with van der Waals surface area (Å²) in [5.74, 6) is 0.639. The molecule has 1 amide bonds. The number of nitrogens with one attached hydrogen (secondary N) is 2. The van der Waals surface area contributed by atoms with Crippen molar-refractivity contribution >= 4 is 33.0 Å². The smallest absolute Gasteiger partial charge is 0.264 e. The van der Waals surface area contributed by atoms with Gasteiger partial charge in [0, 0.05) is 30.4 Å². The quantitative estimate of drug-likeness (QED) is 0.669. The van der Waals surface area contributed by atoms with Gasteiger partial charge in [-0.3, -0.25) is 9.52 Å². The predicted molar refractivity (Wildman–Crippen MR) is 122 cm³/mol. The molecule has 1 aliphatic heterocycles. The molecule has 0 bridgehead atoms. The molecule has 1 saturated heterocycles. The average molecular weight is 444 g/mol. The Labute approximate surface area is 183 Å². The van der Waals surface area contributed by atoms with Crippen LogP contribution < -0.4 is 19.7 Å². The molecule has 2 fully saturated rings. The number of nitrogens with zero attached hydrogens (tertiary/aromatic N) is 1. The second kappa shape index (κ2) is 9.18. The molecule has 0 spiro atoms. The van der Waals surface area contributed by atoms with E-state index in [1.165, 1.54) is 0 Å². The molecule has 4 rings (SSSR count). The van der Waals surface area contributed by atoms with Gasteiger partial charge in [-0.2, -0.15) is 0 Å². The van der Waals surface area contributed by atoms with Gasteiger partial charge in [0.15, 0.2) is 0 Å². The first-order valence-corrected chi connectivity index (χ1v) is 12.3. The Hall–Kier alpha value is -2.74. The molecule has 0 aromatic heterocycles. The molecular weight excluding hydrogens is 414 g/mol. The van der Waals surface area contributed by atoms with Crippen molar-refractivity contribution in [1.82, 2.24) is 0 Å². The largest absolute Gasteiger partial charge is 0.497 e. The fourth-order valence-electron chi connectivity index (χ4n) is 3.99. The monoisotopic (exact) mass is 443 g/mol. The van der Waals surface area contributed by atoms with Crippen LogP contribution in [0.5, 0.6) is 5.75 Å². The maximum atomic E-state index is 13.4. The molecule has 1 heterocycles. The number of sulfonamides is 1. The minimum atomic E-state index is -3.87. The lowest BCUT2D eigenvalue weighted by molar-refractivity contribution is -0.122. The summed E-state index contributed by atoms with van der Waals surface area (Å²) in [6, 6.07) is 11.9. The summed E-state index contributed by atoms with van der Waals surface area (Å²) in [7, 11) is -2.30. The van der Waals surface area contributed by atoms with Crippen LogP contribution in [0.2, 0.25) is 0 Å². The lowest BCUT2D eigenvalue weighted by Gasteiger charge is -2.31. The molecule has 31 heavy (non-hydrogen) atoms. The standard InChI is InChI=1S/C23H29N3O4S/c1-30-20-11-8-18(9-12-20)25-31(28,29)22-16-19(24-23(27)17-6-5-7-17)10-13-21(22)26-14-3-2-4-15-26/h8-13,16-17,25H,2-7,14-15H2,1H3,(H,24,27). The summed E-state index contributed by atoms with van der Waals surface area (Å²) < 4.78 is 34.6. The van der Waals surface area contributed by atoms with Crippen LogP contribution in [0.4, 0.5) is 17.1 Å². The normalized spacial score (nSPS) is 17.0. The molecule has 2 aliphatic rings. The number of piperidine rings is 1. The number of carbonyl (C=O) groups excluding carboxylic acids is 1. The van der Waals surface area contributed by atoms with Gasteiger partial charge in [-0.25, -0.2) is 8.42 Å². The van der Waals surface area contributed by atoms with Gasteiger partial charge in [0.1, 0.15) is 10.6 Å². The summed E-state index contributed by atoms with van der Waals surface area (Å²) in [4.78, 5) is 14.7. The van der Waals surface area contributed by atoms with Crippen molar-refractivity contribution in [3.8, 4) is 5.75 Å². The van der Waals surface area contributed by atoms with Crippen LogP contribution in [0.1, 0.15) is 38.5 Å². The molecular formula is C23H29N3O4S. The fraction of sp³-hybridized carbons (Fsp3) is 0.435. The van der Waals surface area contributed by atoms with E-state index < -0.39 is 10.0 Å². The highest BCUT2D eigenvalue weighted by Gasteiger charge is 2.27. The van der Waals surface area contributed by atoms with Crippen LogP contribution in [0.25, 0.3) is 0 Å². The van der Waals surface area contributed by atoms with Crippen LogP contribution in [0.3, 0.4) is 0 Å². The van der Waals surface area contributed by atoms with E-state index >= 15 is 0 Å². The lowest BCUT2D eigenvalue weighted by atomic mass is 9.85. The molecule has 166 valence electrons. The van der Waals surface area contributed by atoms with E-state index in [1.54, 1.807) is 43.5 Å². The Morgan fingerprint density at radius 1 is 0.968 bits per heavy atom. The van der Waals surface area contributed by atoms with Crippen molar-refractivity contribution in [2.24, 2.45) is 5.92 Å². The predicted octanol–water partition coefficient (Wildman–Crippen LogP) is 4.22. The van der Waals surface area contributed by atoms with Gasteiger partial charge in [-0.15, -0.1) is 0 Å². The molecule has 0 radical (unpaired) electrons. The summed E-state index contributed by atoms with van der Waals surface area (Å²) in [6.07, 6.45) is 6.07. The van der Waals surface area contributed by atoms with Crippen molar-refractivity contribution in [2.45, 2.75) is 43.4 Å². The number of amides is 1. The lowest BCUT2D eigenvalue weighted by Crippen LogP contribution is -2.31. The average Bonchev–Trinajstić information content (AvgIpc) is 2.73. The number of anilines is 3. The molecule has 2 aromatic carbocycles. The second-order valence-corrected chi connectivity index (χ2v) is 9.83. The molecule has 0 atom stereocenters. The van der Waals surface area contributed by atoms with Crippen LogP contribution in [0.15, 0.2) is 47.4 Å². The highest BCUT2D eigenvalue weighted by molar-refractivity contribution is 7.92. The fourth-order valence-corrected chi connectivity index (χ4v) is 5.30. The molecule has 2 N–H and O–H groups in total. The van der Waals surface area contributed by atoms with Crippen molar-refractivity contribution < 1.29 is 17.9 Å². The number of rotatable bonds is 7. The first-order valence-electron chi connectivity index (χ1n) is 10.8. The molecule has 1 aliphatic carbocycles. The number of carbonyl (C=O) groups is 1. The van der Waals surface area contributed by atoms with Gasteiger partial charge in [-0.1, -0.05) is 6.42 Å². The van der Waals surface area contributed by atoms with E-state index in [4.69, 9.17) is 4.74 Å². The van der Waals surface area contributed by atoms with Gasteiger partial charge < -0.3 is 15.0 Å². The number of hydrogen-bond donors (Lipinski definition) is 2. The number of ether oxygens (including phenoxy) is 1. The van der Waals surface area contributed by atoms with E-state index in [0.717, 1.165) is 51.6 Å². The van der Waals surface area contributed by atoms with Crippen molar-refractivity contribution in [1.29, 1.82) is 0 Å². The maximum Gasteiger partial charge on any atom is 0.264 e. The third-order valence-corrected chi connectivity index (χ3v) is 7.44. The highest BCUT2D eigenvalue weighted by Crippen LogP contribution is 2.33. The second-order valence-electron chi connectivity index (χ2n) is 8.18. The van der Waals surface area contributed by atoms with Crippen LogP contribution in [-0.2, 0) is 14.8 Å². The molecule has 7 nitrogen and oxygen atoms in total. The highest BCUT2D eigenvalue weighted by atomic mass is 32.2. The van der Waals surface area contributed by atoms with E-state index in [-0.39, 0.29) is 16.7 Å². The molecule has 1 saturated carbocycles. The minimum absolute atomic E-state index is 0.0271. The van der Waals surface area contributed by atoms with Gasteiger partial charge >= 0.3 is 0 Å². The Balaban J connectivity index is 1.64. The van der Waals surface area contributed by atoms with E-state index in [1.807, 2.05) is 6.07 Å². The summed E-state index contributed by atoms with van der Waals surface area (Å²) in [5.41, 5.74) is 1.63. The van der Waals surface area contributed by atoms with Gasteiger partial charge in [-0.05, 0) is 74.6 Å². The van der Waals surface area contributed by atoms with E-state index in [0.29, 0.717) is 22.8 Å². The number of benzene rings is 2. The number of hydrogen-bond acceptors (Lipinski definition) is 5. The topological polar surface area (TPSA) is 87.7 Å². The van der Waals surface area contributed by atoms with Crippen LogP contribution in [0, 0.1) is 5.92 Å². The maximum absolute atomic E-state index is 13.4. The van der Waals surface area contributed by atoms with Crippen LogP contribution >= 0.6 is 0 Å². The van der Waals surface area contributed by atoms with E-state index in [2.05, 4.69) is 14.9 Å². The van der Waals surface area contributed by atoms with Crippen molar-refractivity contribution in [2.75, 3.05) is 35.1 Å². The zero-order chi connectivity index (χ0) is 21.8. The summed E-state index contributed by atoms with van der Waals surface area (Å²) in [6.45, 7) is 1.64. The van der Waals surface area contributed by atoms with Gasteiger partial charge in [0.05, 0.1) is 12.8 Å². The van der Waals surface area contributed by atoms with Crippen LogP contribution in [-0.4, -0.2) is 34.5 Å². The SMILES string of the molecule is COc1ccc(NS(=O)(=O)c2cc(NC(=O)C3CCC3)ccc2N2CCCCC2)cc1. The van der Waals surface area contributed by atoms with Crippen molar-refractivity contribution in [3.05, 3.63) is 42.5 Å². The molecule has 8 heteroatoms. The molecule has 0 unspecified atom stereocenters. The first-order chi connectivity index (χ1) is 15.0. The zero-order valence-corrected chi connectivity index (χ0v) is 18.6. The Bertz CT molecular complexity index is 1030. The molecule has 2 aromatic rings. The Morgan fingerprint density at radius 3 is 2.26 bits per heavy atom. The van der Waals surface area contributed by atoms with E-state index in [9.17, 15) is 13.2 Å². The number of methoxy groups -OCH3 is 1. The third kappa shape index (κ3) is 4.95. The zero-order valence-electron chi connectivity index (χ0n) is 17.8. The van der Waals surface area contributed by atoms with Crippen molar-refractivity contribution in [3.63, 3.8) is 0 Å². The Morgan fingerprint density at radius 2 is 1.65 bits per heavy atom. The third-order valence-electron chi connectivity index (χ3n) is 6.03. The Kier molecular flexibility index (Phi) is 6.36. The summed E-state index contributed by atoms with van der Waals surface area (Å²) in [5, 5.41) is 2.90.